The molecule has 0 saturated heterocycles. The number of anilines is 1. The lowest BCUT2D eigenvalue weighted by Crippen LogP contribution is -2.01. The van der Waals surface area contributed by atoms with Gasteiger partial charge in [-0.05, 0) is 32.0 Å². The van der Waals surface area contributed by atoms with E-state index in [-0.39, 0.29) is 0 Å². The average Bonchev–Trinajstić information content (AvgIpc) is 2.33. The fourth-order valence-electron chi connectivity index (χ4n) is 1.59. The van der Waals surface area contributed by atoms with Gasteiger partial charge in [0.05, 0.1) is 0 Å². The summed E-state index contributed by atoms with van der Waals surface area (Å²) in [5.41, 5.74) is 1.05. The smallest absolute Gasteiger partial charge is 0.133 e. The maximum Gasteiger partial charge on any atom is 0.133 e. The topological polar surface area (TPSA) is 37.8 Å². The molecular weight excluding hydrogens is 266 g/mol. The van der Waals surface area contributed by atoms with Crippen molar-refractivity contribution in [1.82, 2.24) is 9.97 Å². The van der Waals surface area contributed by atoms with Crippen LogP contribution >= 0.6 is 23.4 Å². The lowest BCUT2D eigenvalue weighted by molar-refractivity contribution is 0.940. The lowest BCUT2D eigenvalue weighted by Gasteiger charge is -2.10. The van der Waals surface area contributed by atoms with Crippen LogP contribution in [-0.4, -0.2) is 17.0 Å². The van der Waals surface area contributed by atoms with Gasteiger partial charge in [-0.1, -0.05) is 29.4 Å². The van der Waals surface area contributed by atoms with Crippen molar-refractivity contribution in [3.05, 3.63) is 40.7 Å². The largest absolute Gasteiger partial charge is 0.373 e. The molecule has 94 valence electrons. The Morgan fingerprint density at radius 3 is 2.67 bits per heavy atom. The number of nitrogens with one attached hydrogen (secondary N) is 1. The van der Waals surface area contributed by atoms with Crippen LogP contribution in [0.15, 0.2) is 34.2 Å². The Morgan fingerprint density at radius 2 is 2.00 bits per heavy atom. The Bertz CT molecular complexity index is 572. The molecule has 2 aromatic rings. The van der Waals surface area contributed by atoms with Crippen molar-refractivity contribution >= 4 is 29.2 Å². The van der Waals surface area contributed by atoms with E-state index in [0.717, 1.165) is 32.1 Å². The van der Waals surface area contributed by atoms with Crippen LogP contribution in [0.5, 0.6) is 0 Å². The Morgan fingerprint density at radius 1 is 1.22 bits per heavy atom. The van der Waals surface area contributed by atoms with E-state index in [2.05, 4.69) is 15.3 Å². The molecule has 18 heavy (non-hydrogen) atoms. The zero-order chi connectivity index (χ0) is 13.1. The number of aromatic nitrogens is 2. The van der Waals surface area contributed by atoms with Gasteiger partial charge in [-0.2, -0.15) is 0 Å². The lowest BCUT2D eigenvalue weighted by atomic mass is 10.3. The van der Waals surface area contributed by atoms with Crippen LogP contribution in [0.1, 0.15) is 11.4 Å². The zero-order valence-corrected chi connectivity index (χ0v) is 12.1. The third-order valence-electron chi connectivity index (χ3n) is 2.46. The normalized spacial score (nSPS) is 10.4. The second-order valence-corrected chi connectivity index (χ2v) is 5.36. The number of rotatable bonds is 3. The molecule has 0 fully saturated rings. The van der Waals surface area contributed by atoms with Gasteiger partial charge in [0.2, 0.25) is 0 Å². The summed E-state index contributed by atoms with van der Waals surface area (Å²) in [5, 5.41) is 4.77. The molecule has 2 rings (SSSR count). The molecule has 0 bridgehead atoms. The fraction of sp³-hybridized carbons (Fsp3) is 0.231. The molecule has 0 radical (unpaired) electrons. The van der Waals surface area contributed by atoms with E-state index < -0.39 is 0 Å². The summed E-state index contributed by atoms with van der Waals surface area (Å²) in [6.45, 7) is 3.90. The Labute approximate surface area is 116 Å². The van der Waals surface area contributed by atoms with E-state index in [4.69, 9.17) is 11.6 Å². The van der Waals surface area contributed by atoms with Gasteiger partial charge in [-0.15, -0.1) is 0 Å². The third-order valence-corrected chi connectivity index (χ3v) is 3.78. The predicted molar refractivity (Wildman–Crippen MR) is 76.6 cm³/mol. The minimum Gasteiger partial charge on any atom is -0.373 e. The summed E-state index contributed by atoms with van der Waals surface area (Å²) in [7, 11) is 1.86. The summed E-state index contributed by atoms with van der Waals surface area (Å²) < 4.78 is 0. The minimum absolute atomic E-state index is 0.734. The summed E-state index contributed by atoms with van der Waals surface area (Å²) >= 11 is 7.58. The van der Waals surface area contributed by atoms with Crippen LogP contribution in [-0.2, 0) is 0 Å². The molecule has 1 heterocycles. The van der Waals surface area contributed by atoms with Crippen molar-refractivity contribution in [3.63, 3.8) is 0 Å². The van der Waals surface area contributed by atoms with Gasteiger partial charge in [0.15, 0.2) is 0 Å². The molecule has 0 amide bonds. The highest BCUT2D eigenvalue weighted by molar-refractivity contribution is 7.99. The van der Waals surface area contributed by atoms with Crippen LogP contribution < -0.4 is 5.32 Å². The van der Waals surface area contributed by atoms with Gasteiger partial charge >= 0.3 is 0 Å². The van der Waals surface area contributed by atoms with E-state index in [1.165, 1.54) is 0 Å². The average molecular weight is 280 g/mol. The first-order chi connectivity index (χ1) is 8.60. The molecule has 1 aromatic carbocycles. The number of benzene rings is 1. The molecule has 1 aromatic heterocycles. The first-order valence-electron chi connectivity index (χ1n) is 5.56. The van der Waals surface area contributed by atoms with Crippen molar-refractivity contribution in [3.8, 4) is 0 Å². The number of hydrogen-bond acceptors (Lipinski definition) is 4. The summed E-state index contributed by atoms with van der Waals surface area (Å²) in [6.07, 6.45) is 0. The molecule has 3 nitrogen and oxygen atoms in total. The van der Waals surface area contributed by atoms with Crippen LogP contribution in [0.4, 0.5) is 5.82 Å². The van der Waals surface area contributed by atoms with E-state index in [1.54, 1.807) is 11.8 Å². The van der Waals surface area contributed by atoms with Gasteiger partial charge in [-0.25, -0.2) is 9.97 Å². The molecule has 0 saturated carbocycles. The van der Waals surface area contributed by atoms with E-state index >= 15 is 0 Å². The predicted octanol–water partition coefficient (Wildman–Crippen LogP) is 3.94. The SMILES string of the molecule is CNc1nc(C)nc(Sc2cccc(Cl)c2)c1C. The van der Waals surface area contributed by atoms with Gasteiger partial charge in [-0.3, -0.25) is 0 Å². The van der Waals surface area contributed by atoms with Gasteiger partial charge in [0.25, 0.3) is 0 Å². The van der Waals surface area contributed by atoms with Crippen molar-refractivity contribution in [2.45, 2.75) is 23.8 Å². The van der Waals surface area contributed by atoms with Crippen LogP contribution in [0.25, 0.3) is 0 Å². The van der Waals surface area contributed by atoms with Crippen molar-refractivity contribution < 1.29 is 0 Å². The summed E-state index contributed by atoms with van der Waals surface area (Å²) in [4.78, 5) is 9.90. The molecular formula is C13H14ClN3S. The monoisotopic (exact) mass is 279 g/mol. The Kier molecular flexibility index (Phi) is 4.09. The molecule has 0 aliphatic rings. The third kappa shape index (κ3) is 2.94. The van der Waals surface area contributed by atoms with Gasteiger partial charge < -0.3 is 5.32 Å². The number of aryl methyl sites for hydroxylation is 1. The van der Waals surface area contributed by atoms with Crippen LogP contribution in [0, 0.1) is 13.8 Å². The van der Waals surface area contributed by atoms with Crippen molar-refractivity contribution in [1.29, 1.82) is 0 Å². The van der Waals surface area contributed by atoms with Crippen LogP contribution in [0.3, 0.4) is 0 Å². The molecule has 0 atom stereocenters. The Balaban J connectivity index is 2.37. The van der Waals surface area contributed by atoms with Crippen LogP contribution in [0.2, 0.25) is 5.02 Å². The van der Waals surface area contributed by atoms with Crippen molar-refractivity contribution in [2.75, 3.05) is 12.4 Å². The molecule has 5 heteroatoms. The molecule has 0 unspecified atom stereocenters. The molecule has 1 N–H and O–H groups in total. The summed E-state index contributed by atoms with van der Waals surface area (Å²) in [5.74, 6) is 1.63. The van der Waals surface area contributed by atoms with E-state index in [0.29, 0.717) is 0 Å². The highest BCUT2D eigenvalue weighted by Gasteiger charge is 2.09. The Hall–Kier alpha value is -1.26. The van der Waals surface area contributed by atoms with E-state index in [9.17, 15) is 0 Å². The number of nitrogens with zero attached hydrogens (tertiary/aromatic N) is 2. The zero-order valence-electron chi connectivity index (χ0n) is 10.5. The standard InChI is InChI=1S/C13H14ClN3S/c1-8-12(15-3)16-9(2)17-13(8)18-11-6-4-5-10(14)7-11/h4-7H,1-3H3,(H,15,16,17). The maximum atomic E-state index is 5.98. The summed E-state index contributed by atoms with van der Waals surface area (Å²) in [6, 6.07) is 7.75. The molecule has 0 spiro atoms. The molecule has 0 aliphatic heterocycles. The second-order valence-electron chi connectivity index (χ2n) is 3.86. The number of halogens is 1. The maximum absolute atomic E-state index is 5.98. The van der Waals surface area contributed by atoms with E-state index in [1.807, 2.05) is 45.2 Å². The quantitative estimate of drug-likeness (QED) is 0.864. The second kappa shape index (κ2) is 5.59. The first kappa shape index (κ1) is 13.2. The molecule has 0 aliphatic carbocycles. The van der Waals surface area contributed by atoms with Crippen molar-refractivity contribution in [2.24, 2.45) is 0 Å². The van der Waals surface area contributed by atoms with Gasteiger partial charge in [0.1, 0.15) is 16.7 Å². The fourth-order valence-corrected chi connectivity index (χ4v) is 2.83. The highest BCUT2D eigenvalue weighted by Crippen LogP contribution is 2.32. The minimum atomic E-state index is 0.734. The number of hydrogen-bond donors (Lipinski definition) is 1. The van der Waals surface area contributed by atoms with Gasteiger partial charge in [0, 0.05) is 22.5 Å². The first-order valence-corrected chi connectivity index (χ1v) is 6.76. The highest BCUT2D eigenvalue weighted by atomic mass is 35.5.